The van der Waals surface area contributed by atoms with E-state index in [4.69, 9.17) is 0 Å². The highest BCUT2D eigenvalue weighted by Crippen LogP contribution is 2.27. The van der Waals surface area contributed by atoms with Crippen LogP contribution in [0.4, 0.5) is 13.2 Å². The van der Waals surface area contributed by atoms with E-state index in [2.05, 4.69) is 10.6 Å². The molecule has 2 atom stereocenters. The number of carbonyl (C=O) groups excluding carboxylic acids is 1. The summed E-state index contributed by atoms with van der Waals surface area (Å²) < 4.78 is 39.8. The number of halogens is 3. The highest BCUT2D eigenvalue weighted by atomic mass is 19.2. The quantitative estimate of drug-likeness (QED) is 0.818. The van der Waals surface area contributed by atoms with Crippen LogP contribution in [0.3, 0.4) is 0 Å². The maximum atomic E-state index is 13.4. The van der Waals surface area contributed by atoms with Crippen molar-refractivity contribution in [3.05, 3.63) is 59.4 Å². The Labute approximate surface area is 149 Å². The number of nitrogens with one attached hydrogen (secondary N) is 2. The van der Waals surface area contributed by atoms with Crippen molar-refractivity contribution in [3.63, 3.8) is 0 Å². The molecule has 136 valence electrons. The van der Waals surface area contributed by atoms with Gasteiger partial charge in [0.1, 0.15) is 0 Å². The lowest BCUT2D eigenvalue weighted by atomic mass is 9.99. The Hall–Kier alpha value is -2.34. The second kappa shape index (κ2) is 6.76. The molecule has 2 aromatic rings. The average Bonchev–Trinajstić information content (AvgIpc) is 2.97. The Morgan fingerprint density at radius 1 is 0.923 bits per heavy atom. The lowest BCUT2D eigenvalue weighted by molar-refractivity contribution is 0.0924. The number of hydrogen-bond donors (Lipinski definition) is 2. The highest BCUT2D eigenvalue weighted by molar-refractivity contribution is 5.94. The molecule has 0 saturated carbocycles. The van der Waals surface area contributed by atoms with Gasteiger partial charge in [-0.2, -0.15) is 0 Å². The number of benzene rings is 2. The van der Waals surface area contributed by atoms with Crippen molar-refractivity contribution in [1.29, 1.82) is 0 Å². The first kappa shape index (κ1) is 17.1. The zero-order chi connectivity index (χ0) is 18.3. The third-order valence-electron chi connectivity index (χ3n) is 5.27. The van der Waals surface area contributed by atoms with Gasteiger partial charge in [-0.05, 0) is 61.1 Å². The predicted molar refractivity (Wildman–Crippen MR) is 92.2 cm³/mol. The highest BCUT2D eigenvalue weighted by Gasteiger charge is 2.34. The van der Waals surface area contributed by atoms with Crippen molar-refractivity contribution < 1.29 is 18.0 Å². The number of rotatable bonds is 3. The van der Waals surface area contributed by atoms with Crippen LogP contribution in [0, 0.1) is 17.5 Å². The van der Waals surface area contributed by atoms with E-state index < -0.39 is 17.5 Å². The van der Waals surface area contributed by atoms with Crippen LogP contribution in [0.2, 0.25) is 0 Å². The molecule has 2 heterocycles. The minimum Gasteiger partial charge on any atom is -0.349 e. The molecular formula is C20H19F3N2O. The Kier molecular flexibility index (Phi) is 4.44. The van der Waals surface area contributed by atoms with Crippen LogP contribution in [0.1, 0.15) is 36.0 Å². The predicted octanol–water partition coefficient (Wildman–Crippen LogP) is 3.78. The second-order valence-electron chi connectivity index (χ2n) is 7.11. The number of piperidine rings is 1. The minimum absolute atomic E-state index is 0.153. The van der Waals surface area contributed by atoms with E-state index in [1.807, 2.05) is 0 Å². The van der Waals surface area contributed by atoms with Crippen molar-refractivity contribution in [3.8, 4) is 11.1 Å². The summed E-state index contributed by atoms with van der Waals surface area (Å²) >= 11 is 0. The van der Waals surface area contributed by atoms with Gasteiger partial charge in [-0.25, -0.2) is 13.2 Å². The molecule has 2 aromatic carbocycles. The summed E-state index contributed by atoms with van der Waals surface area (Å²) in [7, 11) is 0. The van der Waals surface area contributed by atoms with Gasteiger partial charge in [0.2, 0.25) is 0 Å². The second-order valence-corrected chi connectivity index (χ2v) is 7.11. The fraction of sp³-hybridized carbons (Fsp3) is 0.350. The first-order chi connectivity index (χ1) is 12.5. The smallest absolute Gasteiger partial charge is 0.251 e. The van der Waals surface area contributed by atoms with Crippen LogP contribution in [0.5, 0.6) is 0 Å². The summed E-state index contributed by atoms with van der Waals surface area (Å²) in [6, 6.07) is 9.46. The summed E-state index contributed by atoms with van der Waals surface area (Å²) in [5, 5.41) is 6.61. The van der Waals surface area contributed by atoms with E-state index in [0.717, 1.165) is 37.8 Å². The lowest BCUT2D eigenvalue weighted by Gasteiger charge is -2.29. The van der Waals surface area contributed by atoms with Gasteiger partial charge in [0.25, 0.3) is 5.91 Å². The van der Waals surface area contributed by atoms with E-state index >= 15 is 0 Å². The van der Waals surface area contributed by atoms with Gasteiger partial charge in [0.15, 0.2) is 17.5 Å². The summed E-state index contributed by atoms with van der Waals surface area (Å²) in [5.41, 5.74) is 1.23. The average molecular weight is 360 g/mol. The first-order valence-electron chi connectivity index (χ1n) is 8.81. The van der Waals surface area contributed by atoms with Crippen LogP contribution in [-0.4, -0.2) is 24.0 Å². The van der Waals surface area contributed by atoms with E-state index in [1.54, 1.807) is 24.3 Å². The monoisotopic (exact) mass is 360 g/mol. The van der Waals surface area contributed by atoms with Gasteiger partial charge >= 0.3 is 0 Å². The first-order valence-corrected chi connectivity index (χ1v) is 8.81. The molecular weight excluding hydrogens is 341 g/mol. The standard InChI is InChI=1S/C20H19F3N2O/c21-17-7-13(8-18(22)19(17)23)11-1-3-12(4-2-11)20(26)25-16-9-14-5-6-15(10-16)24-14/h1-4,7-8,14-16,24H,5-6,9-10H2,(H,25,26). The Morgan fingerprint density at radius 3 is 2.08 bits per heavy atom. The Morgan fingerprint density at radius 2 is 1.50 bits per heavy atom. The summed E-state index contributed by atoms with van der Waals surface area (Å²) in [4.78, 5) is 12.4. The lowest BCUT2D eigenvalue weighted by Crippen LogP contribution is -2.48. The number of hydrogen-bond acceptors (Lipinski definition) is 2. The van der Waals surface area contributed by atoms with Gasteiger partial charge in [-0.1, -0.05) is 12.1 Å². The van der Waals surface area contributed by atoms with E-state index in [-0.39, 0.29) is 17.5 Å². The van der Waals surface area contributed by atoms with Gasteiger partial charge < -0.3 is 10.6 Å². The molecule has 2 fully saturated rings. The van der Waals surface area contributed by atoms with Crippen molar-refractivity contribution in [2.45, 2.75) is 43.8 Å². The SMILES string of the molecule is O=C(NC1CC2CCC(C1)N2)c1ccc(-c2cc(F)c(F)c(F)c2)cc1. The molecule has 0 aliphatic carbocycles. The number of carbonyl (C=O) groups is 1. The molecule has 2 saturated heterocycles. The van der Waals surface area contributed by atoms with Crippen LogP contribution in [0.25, 0.3) is 11.1 Å². The Bertz CT molecular complexity index is 802. The van der Waals surface area contributed by atoms with E-state index in [1.165, 1.54) is 0 Å². The van der Waals surface area contributed by atoms with Crippen LogP contribution < -0.4 is 10.6 Å². The molecule has 0 spiro atoms. The van der Waals surface area contributed by atoms with E-state index in [9.17, 15) is 18.0 Å². The molecule has 6 heteroatoms. The molecule has 2 aliphatic rings. The largest absolute Gasteiger partial charge is 0.349 e. The number of fused-ring (bicyclic) bond motifs is 2. The molecule has 2 unspecified atom stereocenters. The fourth-order valence-corrected chi connectivity index (χ4v) is 3.98. The topological polar surface area (TPSA) is 41.1 Å². The van der Waals surface area contributed by atoms with Crippen LogP contribution in [-0.2, 0) is 0 Å². The van der Waals surface area contributed by atoms with Crippen molar-refractivity contribution in [1.82, 2.24) is 10.6 Å². The molecule has 0 radical (unpaired) electrons. The zero-order valence-electron chi connectivity index (χ0n) is 14.1. The van der Waals surface area contributed by atoms with Crippen LogP contribution in [0.15, 0.2) is 36.4 Å². The van der Waals surface area contributed by atoms with Crippen molar-refractivity contribution >= 4 is 5.91 Å². The van der Waals surface area contributed by atoms with Gasteiger partial charge in [0, 0.05) is 23.7 Å². The van der Waals surface area contributed by atoms with E-state index in [0.29, 0.717) is 23.2 Å². The number of amides is 1. The Balaban J connectivity index is 1.46. The van der Waals surface area contributed by atoms with Gasteiger partial charge in [-0.15, -0.1) is 0 Å². The third-order valence-corrected chi connectivity index (χ3v) is 5.27. The molecule has 26 heavy (non-hydrogen) atoms. The summed E-state index contributed by atoms with van der Waals surface area (Å²) in [6.45, 7) is 0. The minimum atomic E-state index is -1.49. The summed E-state index contributed by atoms with van der Waals surface area (Å²) in [6.07, 6.45) is 4.20. The maximum absolute atomic E-state index is 13.4. The normalized spacial score (nSPS) is 24.5. The maximum Gasteiger partial charge on any atom is 0.251 e. The molecule has 4 rings (SSSR count). The third kappa shape index (κ3) is 3.33. The van der Waals surface area contributed by atoms with Crippen molar-refractivity contribution in [2.24, 2.45) is 0 Å². The molecule has 2 aliphatic heterocycles. The van der Waals surface area contributed by atoms with Gasteiger partial charge in [-0.3, -0.25) is 4.79 Å². The molecule has 2 bridgehead atoms. The zero-order valence-corrected chi connectivity index (χ0v) is 14.1. The molecule has 2 N–H and O–H groups in total. The molecule has 0 aromatic heterocycles. The molecule has 3 nitrogen and oxygen atoms in total. The fourth-order valence-electron chi connectivity index (χ4n) is 3.98. The van der Waals surface area contributed by atoms with Crippen LogP contribution >= 0.6 is 0 Å². The summed E-state index contributed by atoms with van der Waals surface area (Å²) in [5.74, 6) is -4.11. The van der Waals surface area contributed by atoms with Gasteiger partial charge in [0.05, 0.1) is 0 Å². The van der Waals surface area contributed by atoms with Crippen molar-refractivity contribution in [2.75, 3.05) is 0 Å². The molecule has 1 amide bonds.